The van der Waals surface area contributed by atoms with Gasteiger partial charge in [-0.2, -0.15) is 0 Å². The summed E-state index contributed by atoms with van der Waals surface area (Å²) in [6.07, 6.45) is 2.26. The highest BCUT2D eigenvalue weighted by atomic mass is 16.5. The maximum atomic E-state index is 10.8. The van der Waals surface area contributed by atoms with Crippen molar-refractivity contribution in [3.8, 4) is 0 Å². The maximum Gasteiger partial charge on any atom is 0.181 e. The molecule has 0 spiro atoms. The highest BCUT2D eigenvalue weighted by molar-refractivity contribution is 4.94. The first-order valence-electron chi connectivity index (χ1n) is 4.72. The van der Waals surface area contributed by atoms with Crippen LogP contribution in [0.5, 0.6) is 0 Å². The minimum absolute atomic E-state index is 0.0701. The molecule has 0 radical (unpaired) electrons. The largest absolute Gasteiger partial charge is 0.394 e. The first-order valence-corrected chi connectivity index (χ1v) is 4.72. The van der Waals surface area contributed by atoms with E-state index < -0.39 is 6.10 Å². The zero-order valence-electron chi connectivity index (χ0n) is 8.54. The van der Waals surface area contributed by atoms with Gasteiger partial charge in [0, 0.05) is 24.5 Å². The Morgan fingerprint density at radius 3 is 2.33 bits per heavy atom. The molecule has 1 atom stereocenters. The minimum atomic E-state index is -0.598. The molecule has 1 rings (SSSR count). The van der Waals surface area contributed by atoms with Gasteiger partial charge >= 0.3 is 0 Å². The number of aliphatic hydroxyl groups excluding tert-OH is 2. The number of aromatic nitrogens is 1. The van der Waals surface area contributed by atoms with Gasteiger partial charge in [0.05, 0.1) is 13.2 Å². The van der Waals surface area contributed by atoms with E-state index in [0.29, 0.717) is 0 Å². The Kier molecular flexibility index (Phi) is 4.48. The van der Waals surface area contributed by atoms with Crippen molar-refractivity contribution in [2.24, 2.45) is 0 Å². The number of pyridine rings is 1. The predicted octanol–water partition coefficient (Wildman–Crippen LogP) is -0.263. The second kappa shape index (κ2) is 5.65. The Hall–Kier alpha value is -1.17. The van der Waals surface area contributed by atoms with E-state index in [0.717, 1.165) is 0 Å². The number of hydrogen-bond donors (Lipinski definition) is 2. The Balaban J connectivity index is 2.64. The van der Waals surface area contributed by atoms with Crippen LogP contribution in [0.25, 0.3) is 0 Å². The van der Waals surface area contributed by atoms with Crippen LogP contribution in [0.15, 0.2) is 29.3 Å². The first-order chi connectivity index (χ1) is 7.17. The average Bonchev–Trinajstić information content (AvgIpc) is 2.26. The third-order valence-corrected chi connectivity index (χ3v) is 2.04. The summed E-state index contributed by atoms with van der Waals surface area (Å²) in [6, 6.07) is 2.85. The van der Waals surface area contributed by atoms with E-state index in [1.165, 1.54) is 12.1 Å². The lowest BCUT2D eigenvalue weighted by Gasteiger charge is -2.21. The lowest BCUT2D eigenvalue weighted by Crippen LogP contribution is -2.26. The topological polar surface area (TPSA) is 71.7 Å². The van der Waals surface area contributed by atoms with Gasteiger partial charge in [0.1, 0.15) is 12.3 Å². The summed E-state index contributed by atoms with van der Waals surface area (Å²) in [4.78, 5) is 10.8. The van der Waals surface area contributed by atoms with Gasteiger partial charge in [-0.3, -0.25) is 4.79 Å². The molecule has 0 bridgehead atoms. The predicted molar refractivity (Wildman–Crippen MR) is 54.5 cm³/mol. The van der Waals surface area contributed by atoms with Gasteiger partial charge < -0.3 is 19.5 Å². The molecular formula is C10H15NO4. The smallest absolute Gasteiger partial charge is 0.181 e. The molecular weight excluding hydrogens is 198 g/mol. The van der Waals surface area contributed by atoms with Crippen LogP contribution < -0.4 is 5.43 Å². The van der Waals surface area contributed by atoms with Gasteiger partial charge in [-0.25, -0.2) is 0 Å². The average molecular weight is 213 g/mol. The van der Waals surface area contributed by atoms with Crippen molar-refractivity contribution in [3.63, 3.8) is 0 Å². The van der Waals surface area contributed by atoms with Crippen LogP contribution in [-0.4, -0.2) is 34.1 Å². The molecule has 1 aromatic heterocycles. The number of rotatable bonds is 5. The van der Waals surface area contributed by atoms with E-state index in [1.54, 1.807) is 23.9 Å². The third-order valence-electron chi connectivity index (χ3n) is 2.04. The van der Waals surface area contributed by atoms with Crippen molar-refractivity contribution in [1.29, 1.82) is 0 Å². The van der Waals surface area contributed by atoms with Crippen LogP contribution in [0.4, 0.5) is 0 Å². The SMILES string of the molecule is CC(OC(CO)CO)n1ccc(=O)cc1. The van der Waals surface area contributed by atoms with E-state index >= 15 is 0 Å². The van der Waals surface area contributed by atoms with Crippen LogP contribution in [-0.2, 0) is 4.74 Å². The Labute approximate surface area is 87.5 Å². The molecule has 1 aromatic rings. The molecule has 0 saturated heterocycles. The number of ether oxygens (including phenoxy) is 1. The molecule has 0 amide bonds. The van der Waals surface area contributed by atoms with Crippen molar-refractivity contribution in [3.05, 3.63) is 34.7 Å². The highest BCUT2D eigenvalue weighted by Crippen LogP contribution is 2.08. The zero-order chi connectivity index (χ0) is 11.3. The van der Waals surface area contributed by atoms with Crippen molar-refractivity contribution < 1.29 is 14.9 Å². The van der Waals surface area contributed by atoms with Crippen molar-refractivity contribution in [2.75, 3.05) is 13.2 Å². The minimum Gasteiger partial charge on any atom is -0.394 e. The second-order valence-electron chi connectivity index (χ2n) is 3.20. The van der Waals surface area contributed by atoms with E-state index in [4.69, 9.17) is 14.9 Å². The van der Waals surface area contributed by atoms with Gasteiger partial charge in [0.25, 0.3) is 0 Å². The Morgan fingerprint density at radius 1 is 1.33 bits per heavy atom. The molecule has 5 nitrogen and oxygen atoms in total. The summed E-state index contributed by atoms with van der Waals surface area (Å²) in [5, 5.41) is 17.6. The lowest BCUT2D eigenvalue weighted by atomic mass is 10.4. The number of hydrogen-bond acceptors (Lipinski definition) is 4. The van der Waals surface area contributed by atoms with Gasteiger partial charge in [-0.1, -0.05) is 0 Å². The van der Waals surface area contributed by atoms with Gasteiger partial charge in [-0.05, 0) is 6.92 Å². The highest BCUT2D eigenvalue weighted by Gasteiger charge is 2.11. The van der Waals surface area contributed by atoms with Crippen molar-refractivity contribution >= 4 is 0 Å². The summed E-state index contributed by atoms with van der Waals surface area (Å²) in [6.45, 7) is 1.30. The fourth-order valence-corrected chi connectivity index (χ4v) is 1.16. The molecule has 15 heavy (non-hydrogen) atoms. The van der Waals surface area contributed by atoms with Crippen LogP contribution in [0, 0.1) is 0 Å². The van der Waals surface area contributed by atoms with Gasteiger partial charge in [0.15, 0.2) is 5.43 Å². The summed E-state index contributed by atoms with van der Waals surface area (Å²) in [7, 11) is 0. The first kappa shape index (κ1) is 11.9. The van der Waals surface area contributed by atoms with Crippen LogP contribution in [0.3, 0.4) is 0 Å². The molecule has 5 heteroatoms. The van der Waals surface area contributed by atoms with E-state index in [1.807, 2.05) is 0 Å². The molecule has 0 aliphatic heterocycles. The third kappa shape index (κ3) is 3.47. The van der Waals surface area contributed by atoms with Crippen molar-refractivity contribution in [2.45, 2.75) is 19.3 Å². The molecule has 2 N–H and O–H groups in total. The van der Waals surface area contributed by atoms with Gasteiger partial charge in [-0.15, -0.1) is 0 Å². The maximum absolute atomic E-state index is 10.8. The monoisotopic (exact) mass is 213 g/mol. The summed E-state index contributed by atoms with van der Waals surface area (Å²) in [5.74, 6) is 0. The molecule has 0 aliphatic carbocycles. The Morgan fingerprint density at radius 2 is 1.87 bits per heavy atom. The number of aliphatic hydroxyl groups is 2. The molecule has 0 aromatic carbocycles. The zero-order valence-corrected chi connectivity index (χ0v) is 8.54. The van der Waals surface area contributed by atoms with Gasteiger partial charge in [0.2, 0.25) is 0 Å². The van der Waals surface area contributed by atoms with E-state index in [2.05, 4.69) is 0 Å². The second-order valence-corrected chi connectivity index (χ2v) is 3.20. The normalized spacial score (nSPS) is 13.1. The summed E-state index contributed by atoms with van der Waals surface area (Å²) < 4.78 is 7.02. The van der Waals surface area contributed by atoms with Crippen LogP contribution >= 0.6 is 0 Å². The van der Waals surface area contributed by atoms with E-state index in [-0.39, 0.29) is 24.9 Å². The standard InChI is InChI=1S/C10H15NO4/c1-8(15-10(6-12)7-13)11-4-2-9(14)3-5-11/h2-5,8,10,12-13H,6-7H2,1H3. The summed E-state index contributed by atoms with van der Waals surface area (Å²) in [5.41, 5.74) is -0.0701. The van der Waals surface area contributed by atoms with Crippen LogP contribution in [0.2, 0.25) is 0 Å². The fourth-order valence-electron chi connectivity index (χ4n) is 1.16. The molecule has 0 aliphatic rings. The van der Waals surface area contributed by atoms with E-state index in [9.17, 15) is 4.79 Å². The lowest BCUT2D eigenvalue weighted by molar-refractivity contribution is -0.0855. The quantitative estimate of drug-likeness (QED) is 0.706. The number of nitrogens with zero attached hydrogens (tertiary/aromatic N) is 1. The van der Waals surface area contributed by atoms with Crippen LogP contribution in [0.1, 0.15) is 13.2 Å². The summed E-state index contributed by atoms with van der Waals surface area (Å²) >= 11 is 0. The molecule has 0 fully saturated rings. The Bertz CT molecular complexity index is 325. The molecule has 84 valence electrons. The molecule has 1 heterocycles. The fraction of sp³-hybridized carbons (Fsp3) is 0.500. The molecule has 0 saturated carbocycles. The molecule has 1 unspecified atom stereocenters. The van der Waals surface area contributed by atoms with Crippen molar-refractivity contribution in [1.82, 2.24) is 4.57 Å².